The number of hydrogen-bond donors (Lipinski definition) is 1. The fourth-order valence-electron chi connectivity index (χ4n) is 1.92. The molecular formula is C15H11N3O. The first-order chi connectivity index (χ1) is 9.34. The second-order valence-electron chi connectivity index (χ2n) is 4.06. The van der Waals surface area contributed by atoms with Gasteiger partial charge in [0.05, 0.1) is 0 Å². The highest BCUT2D eigenvalue weighted by Crippen LogP contribution is 2.18. The number of nitrogens with one attached hydrogen (secondary N) is 1. The van der Waals surface area contributed by atoms with Crippen molar-refractivity contribution in [2.75, 3.05) is 0 Å². The van der Waals surface area contributed by atoms with E-state index in [4.69, 9.17) is 0 Å². The first-order valence-electron chi connectivity index (χ1n) is 5.90. The summed E-state index contributed by atoms with van der Waals surface area (Å²) in [7, 11) is 0. The monoisotopic (exact) mass is 249 g/mol. The van der Waals surface area contributed by atoms with Crippen LogP contribution >= 0.6 is 0 Å². The highest BCUT2D eigenvalue weighted by molar-refractivity contribution is 6.05. The molecule has 19 heavy (non-hydrogen) atoms. The number of benzene rings is 1. The van der Waals surface area contributed by atoms with Crippen molar-refractivity contribution in [2.45, 2.75) is 0 Å². The Morgan fingerprint density at radius 3 is 2.79 bits per heavy atom. The van der Waals surface area contributed by atoms with Gasteiger partial charge >= 0.3 is 0 Å². The van der Waals surface area contributed by atoms with Crippen molar-refractivity contribution in [1.82, 2.24) is 15.0 Å². The van der Waals surface area contributed by atoms with Gasteiger partial charge in [-0.05, 0) is 29.8 Å². The maximum atomic E-state index is 11.9. The molecule has 1 N–H and O–H groups in total. The Bertz CT molecular complexity index is 744. The number of aromatic nitrogens is 3. The van der Waals surface area contributed by atoms with Crippen molar-refractivity contribution in [3.8, 4) is 0 Å². The highest BCUT2D eigenvalue weighted by Gasteiger charge is 2.04. The molecule has 0 bridgehead atoms. The molecule has 3 rings (SSSR count). The summed E-state index contributed by atoms with van der Waals surface area (Å²) in [6, 6.07) is 9.57. The number of fused-ring (bicyclic) bond motifs is 1. The molecular weight excluding hydrogens is 238 g/mol. The van der Waals surface area contributed by atoms with Crippen LogP contribution < -0.4 is 0 Å². The first kappa shape index (κ1) is 11.3. The second kappa shape index (κ2) is 4.86. The number of ketones is 1. The summed E-state index contributed by atoms with van der Waals surface area (Å²) in [5.41, 5.74) is 2.04. The van der Waals surface area contributed by atoms with Crippen LogP contribution in [0.4, 0.5) is 0 Å². The van der Waals surface area contributed by atoms with Crippen molar-refractivity contribution >= 4 is 22.8 Å². The smallest absolute Gasteiger partial charge is 0.223 e. The lowest BCUT2D eigenvalue weighted by Crippen LogP contribution is -2.00. The molecule has 2 aromatic heterocycles. The molecule has 0 aliphatic carbocycles. The summed E-state index contributed by atoms with van der Waals surface area (Å²) in [6.45, 7) is 0. The lowest BCUT2D eigenvalue weighted by molar-refractivity contribution is 0.103. The number of carbonyl (C=O) groups is 1. The van der Waals surface area contributed by atoms with Gasteiger partial charge in [0, 0.05) is 29.5 Å². The number of hydrogen-bond acceptors (Lipinski definition) is 3. The van der Waals surface area contributed by atoms with Crippen LogP contribution in [0.25, 0.3) is 17.0 Å². The molecule has 1 aromatic carbocycles. The van der Waals surface area contributed by atoms with E-state index in [-0.39, 0.29) is 11.6 Å². The molecule has 2 heterocycles. The number of aromatic amines is 1. The van der Waals surface area contributed by atoms with Crippen molar-refractivity contribution in [3.63, 3.8) is 0 Å². The van der Waals surface area contributed by atoms with Gasteiger partial charge in [0.15, 0.2) is 5.82 Å². The molecule has 0 saturated carbocycles. The Morgan fingerprint density at radius 2 is 1.95 bits per heavy atom. The van der Waals surface area contributed by atoms with E-state index in [2.05, 4.69) is 15.0 Å². The number of nitrogens with zero attached hydrogens (tertiary/aromatic N) is 2. The van der Waals surface area contributed by atoms with Crippen LogP contribution in [-0.2, 0) is 0 Å². The molecule has 0 unspecified atom stereocenters. The molecule has 0 spiro atoms. The summed E-state index contributed by atoms with van der Waals surface area (Å²) in [5, 5.41) is 1.08. The number of carbonyl (C=O) groups excluding carboxylic acids is 1. The quantitative estimate of drug-likeness (QED) is 0.573. The maximum absolute atomic E-state index is 11.9. The second-order valence-corrected chi connectivity index (χ2v) is 4.06. The average molecular weight is 249 g/mol. The Morgan fingerprint density at radius 1 is 1.11 bits per heavy atom. The first-order valence-corrected chi connectivity index (χ1v) is 5.90. The molecule has 0 aliphatic rings. The highest BCUT2D eigenvalue weighted by atomic mass is 16.1. The van der Waals surface area contributed by atoms with Crippen LogP contribution in [0.3, 0.4) is 0 Å². The van der Waals surface area contributed by atoms with Crippen molar-refractivity contribution in [3.05, 3.63) is 66.4 Å². The summed E-state index contributed by atoms with van der Waals surface area (Å²) in [4.78, 5) is 22.9. The summed E-state index contributed by atoms with van der Waals surface area (Å²) in [6.07, 6.45) is 8.28. The van der Waals surface area contributed by atoms with E-state index >= 15 is 0 Å². The minimum Gasteiger partial charge on any atom is -0.361 e. The molecule has 0 fully saturated rings. The summed E-state index contributed by atoms with van der Waals surface area (Å²) in [5.74, 6) is 0.00753. The summed E-state index contributed by atoms with van der Waals surface area (Å²) < 4.78 is 0. The zero-order chi connectivity index (χ0) is 13.1. The molecule has 0 aliphatic heterocycles. The number of H-pyrrole nitrogens is 1. The minimum atomic E-state index is -0.201. The fourth-order valence-corrected chi connectivity index (χ4v) is 1.92. The molecule has 0 saturated heterocycles. The third-order valence-electron chi connectivity index (χ3n) is 2.83. The van der Waals surface area contributed by atoms with E-state index in [0.29, 0.717) is 0 Å². The predicted molar refractivity (Wildman–Crippen MR) is 73.7 cm³/mol. The van der Waals surface area contributed by atoms with Crippen molar-refractivity contribution in [1.29, 1.82) is 0 Å². The van der Waals surface area contributed by atoms with Crippen LogP contribution in [0.5, 0.6) is 0 Å². The van der Waals surface area contributed by atoms with E-state index < -0.39 is 0 Å². The average Bonchev–Trinajstić information content (AvgIpc) is 2.94. The zero-order valence-corrected chi connectivity index (χ0v) is 10.1. The number of allylic oxidation sites excluding steroid dienone is 1. The molecule has 4 nitrogen and oxygen atoms in total. The standard InChI is InChI=1S/C15H11N3O/c19-14(15-17-8-2-9-18-15)6-5-11-3-1-4-13-12(11)7-10-16-13/h1-10,16H. The molecule has 0 amide bonds. The molecule has 0 atom stereocenters. The molecule has 4 heteroatoms. The van der Waals surface area contributed by atoms with Gasteiger partial charge in [-0.2, -0.15) is 0 Å². The maximum Gasteiger partial charge on any atom is 0.223 e. The van der Waals surface area contributed by atoms with Gasteiger partial charge in [0.2, 0.25) is 5.78 Å². The fraction of sp³-hybridized carbons (Fsp3) is 0. The third-order valence-corrected chi connectivity index (χ3v) is 2.83. The van der Waals surface area contributed by atoms with Gasteiger partial charge in [-0.1, -0.05) is 18.2 Å². The van der Waals surface area contributed by atoms with Crippen LogP contribution in [-0.4, -0.2) is 20.7 Å². The minimum absolute atomic E-state index is 0.201. The van der Waals surface area contributed by atoms with Gasteiger partial charge in [-0.25, -0.2) is 9.97 Å². The molecule has 0 radical (unpaired) electrons. The Balaban J connectivity index is 1.91. The third kappa shape index (κ3) is 2.28. The van der Waals surface area contributed by atoms with E-state index in [9.17, 15) is 4.79 Å². The zero-order valence-electron chi connectivity index (χ0n) is 10.1. The van der Waals surface area contributed by atoms with Crippen molar-refractivity contribution < 1.29 is 4.79 Å². The lowest BCUT2D eigenvalue weighted by atomic mass is 10.1. The predicted octanol–water partition coefficient (Wildman–Crippen LogP) is 2.85. The Hall–Kier alpha value is -2.75. The normalized spacial score (nSPS) is 11.2. The molecule has 3 aromatic rings. The van der Waals surface area contributed by atoms with E-state index in [1.807, 2.05) is 30.5 Å². The summed E-state index contributed by atoms with van der Waals surface area (Å²) >= 11 is 0. The molecule has 92 valence electrons. The SMILES string of the molecule is O=C(C=Cc1cccc2[nH]ccc12)c1ncccn1. The van der Waals surface area contributed by atoms with Crippen LogP contribution in [0.2, 0.25) is 0 Å². The van der Waals surface area contributed by atoms with Gasteiger partial charge in [0.25, 0.3) is 0 Å². The topological polar surface area (TPSA) is 58.6 Å². The van der Waals surface area contributed by atoms with Crippen LogP contribution in [0, 0.1) is 0 Å². The number of rotatable bonds is 3. The van der Waals surface area contributed by atoms with E-state index in [1.54, 1.807) is 24.5 Å². The van der Waals surface area contributed by atoms with E-state index in [0.717, 1.165) is 16.5 Å². The lowest BCUT2D eigenvalue weighted by Gasteiger charge is -1.96. The van der Waals surface area contributed by atoms with Gasteiger partial charge < -0.3 is 4.98 Å². The van der Waals surface area contributed by atoms with Crippen LogP contribution in [0.15, 0.2) is 55.0 Å². The van der Waals surface area contributed by atoms with Gasteiger partial charge in [-0.3, -0.25) is 4.79 Å². The Kier molecular flexibility index (Phi) is 2.90. The largest absolute Gasteiger partial charge is 0.361 e. The van der Waals surface area contributed by atoms with E-state index in [1.165, 1.54) is 6.08 Å². The van der Waals surface area contributed by atoms with Crippen molar-refractivity contribution in [2.24, 2.45) is 0 Å². The van der Waals surface area contributed by atoms with Crippen LogP contribution in [0.1, 0.15) is 16.2 Å². The Labute approximate surface area is 109 Å². The van der Waals surface area contributed by atoms with Gasteiger partial charge in [0.1, 0.15) is 0 Å². The van der Waals surface area contributed by atoms with Gasteiger partial charge in [-0.15, -0.1) is 0 Å².